The van der Waals surface area contributed by atoms with Crippen molar-refractivity contribution in [3.63, 3.8) is 0 Å². The van der Waals surface area contributed by atoms with Gasteiger partial charge in [-0.05, 0) is 56.7 Å². The zero-order valence-electron chi connectivity index (χ0n) is 19.5. The van der Waals surface area contributed by atoms with E-state index < -0.39 is 0 Å². The Hall–Kier alpha value is -1.79. The van der Waals surface area contributed by atoms with Gasteiger partial charge in [0.15, 0.2) is 5.96 Å². The summed E-state index contributed by atoms with van der Waals surface area (Å²) in [5, 5.41) is 6.89. The van der Waals surface area contributed by atoms with Crippen molar-refractivity contribution in [3.05, 3.63) is 29.8 Å². The van der Waals surface area contributed by atoms with E-state index in [1.807, 2.05) is 12.1 Å². The molecule has 1 atom stereocenters. The molecular formula is C24H41N3O3. The minimum absolute atomic E-state index is 0.00133. The number of ether oxygens (including phenoxy) is 3. The highest BCUT2D eigenvalue weighted by Crippen LogP contribution is 2.36. The molecule has 2 rings (SSSR count). The normalized spacial score (nSPS) is 17.6. The van der Waals surface area contributed by atoms with Crippen LogP contribution in [0.1, 0.15) is 52.5 Å². The van der Waals surface area contributed by atoms with Crippen LogP contribution in [0.3, 0.4) is 0 Å². The van der Waals surface area contributed by atoms with Crippen molar-refractivity contribution in [2.24, 2.45) is 10.9 Å². The Morgan fingerprint density at radius 1 is 1.13 bits per heavy atom. The molecule has 1 fully saturated rings. The van der Waals surface area contributed by atoms with Gasteiger partial charge in [-0.2, -0.15) is 0 Å². The molecule has 1 aromatic rings. The highest BCUT2D eigenvalue weighted by molar-refractivity contribution is 5.79. The average molecular weight is 420 g/mol. The number of aliphatic imine (C=N–C) groups is 1. The van der Waals surface area contributed by atoms with Gasteiger partial charge in [-0.3, -0.25) is 4.99 Å². The molecule has 0 radical (unpaired) electrons. The quantitative estimate of drug-likeness (QED) is 0.422. The molecule has 0 bridgehead atoms. The molecule has 6 nitrogen and oxygen atoms in total. The number of guanidine groups is 1. The Bertz CT molecular complexity index is 625. The van der Waals surface area contributed by atoms with Gasteiger partial charge in [0.05, 0.1) is 19.8 Å². The summed E-state index contributed by atoms with van der Waals surface area (Å²) in [6.45, 7) is 13.3. The van der Waals surface area contributed by atoms with Gasteiger partial charge in [0.25, 0.3) is 0 Å². The first-order chi connectivity index (χ1) is 14.5. The Morgan fingerprint density at radius 2 is 1.83 bits per heavy atom. The Morgan fingerprint density at radius 3 is 2.40 bits per heavy atom. The molecule has 1 unspecified atom stereocenters. The number of hydrogen-bond donors (Lipinski definition) is 2. The third kappa shape index (κ3) is 7.17. The summed E-state index contributed by atoms with van der Waals surface area (Å²) in [6, 6.07) is 8.43. The number of benzene rings is 1. The van der Waals surface area contributed by atoms with Crippen LogP contribution in [0, 0.1) is 5.92 Å². The predicted octanol–water partition coefficient (Wildman–Crippen LogP) is 3.75. The van der Waals surface area contributed by atoms with Crippen LogP contribution in [0.4, 0.5) is 0 Å². The summed E-state index contributed by atoms with van der Waals surface area (Å²) < 4.78 is 16.9. The van der Waals surface area contributed by atoms with Crippen molar-refractivity contribution in [1.29, 1.82) is 0 Å². The molecule has 0 aliphatic carbocycles. The summed E-state index contributed by atoms with van der Waals surface area (Å²) >= 11 is 0. The molecule has 170 valence electrons. The molecule has 1 saturated heterocycles. The van der Waals surface area contributed by atoms with Crippen LogP contribution < -0.4 is 15.4 Å². The summed E-state index contributed by atoms with van der Waals surface area (Å²) in [7, 11) is 1.70. The van der Waals surface area contributed by atoms with Crippen molar-refractivity contribution in [2.45, 2.75) is 58.5 Å². The SMILES string of the molecule is CCNC(=NCC1(c2ccc(OC)cc2)CCOCC1)NCCC(OCC)C(C)C. The molecule has 0 saturated carbocycles. The van der Waals surface area contributed by atoms with Gasteiger partial charge in [0, 0.05) is 38.3 Å². The fourth-order valence-corrected chi connectivity index (χ4v) is 3.97. The lowest BCUT2D eigenvalue weighted by molar-refractivity contribution is 0.0258. The van der Waals surface area contributed by atoms with Gasteiger partial charge in [-0.25, -0.2) is 0 Å². The molecule has 1 heterocycles. The zero-order chi connectivity index (χ0) is 21.8. The first-order valence-corrected chi connectivity index (χ1v) is 11.4. The minimum atomic E-state index is -0.00133. The lowest BCUT2D eigenvalue weighted by atomic mass is 9.74. The van der Waals surface area contributed by atoms with Gasteiger partial charge in [0.1, 0.15) is 5.75 Å². The molecular weight excluding hydrogens is 378 g/mol. The zero-order valence-corrected chi connectivity index (χ0v) is 19.5. The highest BCUT2D eigenvalue weighted by Gasteiger charge is 2.34. The fraction of sp³-hybridized carbons (Fsp3) is 0.708. The van der Waals surface area contributed by atoms with E-state index in [1.165, 1.54) is 5.56 Å². The van der Waals surface area contributed by atoms with Crippen LogP contribution in [0.5, 0.6) is 5.75 Å². The number of hydrogen-bond acceptors (Lipinski definition) is 4. The standard InChI is InChI=1S/C24H41N3O3/c1-6-25-23(26-15-12-22(19(3)4)30-7-2)27-18-24(13-16-29-17-14-24)20-8-10-21(28-5)11-9-20/h8-11,19,22H,6-7,12-18H2,1-5H3,(H2,25,26,27). The van der Waals surface area contributed by atoms with Gasteiger partial charge < -0.3 is 24.8 Å². The third-order valence-corrected chi connectivity index (χ3v) is 5.88. The predicted molar refractivity (Wildman–Crippen MR) is 124 cm³/mol. The maximum absolute atomic E-state index is 5.87. The molecule has 0 aromatic heterocycles. The van der Waals surface area contributed by atoms with E-state index in [-0.39, 0.29) is 11.5 Å². The Labute approximate surface area is 182 Å². The van der Waals surface area contributed by atoms with E-state index in [1.54, 1.807) is 7.11 Å². The van der Waals surface area contributed by atoms with Crippen molar-refractivity contribution < 1.29 is 14.2 Å². The van der Waals surface area contributed by atoms with E-state index >= 15 is 0 Å². The second-order valence-corrected chi connectivity index (χ2v) is 8.27. The first-order valence-electron chi connectivity index (χ1n) is 11.4. The number of nitrogens with zero attached hydrogens (tertiary/aromatic N) is 1. The van der Waals surface area contributed by atoms with E-state index in [0.717, 1.165) is 70.4 Å². The van der Waals surface area contributed by atoms with Crippen LogP contribution in [0.15, 0.2) is 29.3 Å². The third-order valence-electron chi connectivity index (χ3n) is 5.88. The van der Waals surface area contributed by atoms with Gasteiger partial charge in [-0.1, -0.05) is 26.0 Å². The number of nitrogens with one attached hydrogen (secondary N) is 2. The van der Waals surface area contributed by atoms with Crippen molar-refractivity contribution in [1.82, 2.24) is 10.6 Å². The monoisotopic (exact) mass is 419 g/mol. The summed E-state index contributed by atoms with van der Waals surface area (Å²) in [6.07, 6.45) is 3.18. The Balaban J connectivity index is 2.07. The van der Waals surface area contributed by atoms with Crippen molar-refractivity contribution in [2.75, 3.05) is 46.6 Å². The molecule has 30 heavy (non-hydrogen) atoms. The molecule has 1 aliphatic heterocycles. The largest absolute Gasteiger partial charge is 0.497 e. The van der Waals surface area contributed by atoms with Crippen LogP contribution >= 0.6 is 0 Å². The van der Waals surface area contributed by atoms with Gasteiger partial charge in [-0.15, -0.1) is 0 Å². The molecule has 1 aliphatic rings. The lowest BCUT2D eigenvalue weighted by Gasteiger charge is -2.36. The summed E-state index contributed by atoms with van der Waals surface area (Å²) in [5.41, 5.74) is 1.31. The molecule has 2 N–H and O–H groups in total. The minimum Gasteiger partial charge on any atom is -0.497 e. The second-order valence-electron chi connectivity index (χ2n) is 8.27. The Kier molecular flexibility index (Phi) is 10.4. The molecule has 1 aromatic carbocycles. The fourth-order valence-electron chi connectivity index (χ4n) is 3.97. The molecule has 0 spiro atoms. The van der Waals surface area contributed by atoms with Crippen LogP contribution in [0.25, 0.3) is 0 Å². The molecule has 6 heteroatoms. The van der Waals surface area contributed by atoms with Crippen molar-refractivity contribution >= 4 is 5.96 Å². The number of rotatable bonds is 11. The lowest BCUT2D eigenvalue weighted by Crippen LogP contribution is -2.42. The van der Waals surface area contributed by atoms with E-state index in [4.69, 9.17) is 19.2 Å². The van der Waals surface area contributed by atoms with E-state index in [0.29, 0.717) is 5.92 Å². The van der Waals surface area contributed by atoms with Crippen molar-refractivity contribution in [3.8, 4) is 5.75 Å². The average Bonchev–Trinajstić information content (AvgIpc) is 2.77. The topological polar surface area (TPSA) is 64.1 Å². The highest BCUT2D eigenvalue weighted by atomic mass is 16.5. The van der Waals surface area contributed by atoms with Crippen LogP contribution in [-0.2, 0) is 14.9 Å². The van der Waals surface area contributed by atoms with Gasteiger partial charge in [0.2, 0.25) is 0 Å². The second kappa shape index (κ2) is 12.8. The maximum Gasteiger partial charge on any atom is 0.191 e. The summed E-state index contributed by atoms with van der Waals surface area (Å²) in [5.74, 6) is 2.26. The molecule has 0 amide bonds. The smallest absolute Gasteiger partial charge is 0.191 e. The van der Waals surface area contributed by atoms with Crippen LogP contribution in [-0.4, -0.2) is 58.6 Å². The first kappa shape index (κ1) is 24.5. The van der Waals surface area contributed by atoms with Crippen LogP contribution in [0.2, 0.25) is 0 Å². The number of methoxy groups -OCH3 is 1. The van der Waals surface area contributed by atoms with E-state index in [2.05, 4.69) is 50.5 Å². The van der Waals surface area contributed by atoms with E-state index in [9.17, 15) is 0 Å². The van der Waals surface area contributed by atoms with Gasteiger partial charge >= 0.3 is 0 Å². The maximum atomic E-state index is 5.87. The summed E-state index contributed by atoms with van der Waals surface area (Å²) in [4.78, 5) is 4.98.